The van der Waals surface area contributed by atoms with Crippen LogP contribution in [0.2, 0.25) is 0 Å². The van der Waals surface area contributed by atoms with Crippen LogP contribution in [0.1, 0.15) is 39.7 Å². The average molecular weight is 326 g/mol. The Bertz CT molecular complexity index is 845. The largest absolute Gasteiger partial charge is 0.367 e. The number of aromatic nitrogens is 6. The molecular formula is C16H22N8. The normalized spacial score (nSPS) is 15.8. The predicted octanol–water partition coefficient (Wildman–Crippen LogP) is 3.08. The Kier molecular flexibility index (Phi) is 3.59. The molecule has 1 aliphatic carbocycles. The molecule has 3 aromatic rings. The van der Waals surface area contributed by atoms with Crippen molar-refractivity contribution in [2.24, 2.45) is 5.92 Å². The first-order valence-corrected chi connectivity index (χ1v) is 8.40. The van der Waals surface area contributed by atoms with Gasteiger partial charge in [-0.3, -0.25) is 0 Å². The van der Waals surface area contributed by atoms with Crippen LogP contribution in [-0.2, 0) is 0 Å². The van der Waals surface area contributed by atoms with Gasteiger partial charge in [0.2, 0.25) is 5.95 Å². The van der Waals surface area contributed by atoms with Crippen molar-refractivity contribution in [1.29, 1.82) is 0 Å². The summed E-state index contributed by atoms with van der Waals surface area (Å²) in [5.41, 5.74) is 0.800. The van der Waals surface area contributed by atoms with Crippen molar-refractivity contribution in [3.05, 3.63) is 18.5 Å². The first-order valence-electron chi connectivity index (χ1n) is 8.40. The van der Waals surface area contributed by atoms with Crippen molar-refractivity contribution in [2.45, 2.75) is 45.7 Å². The molecule has 0 radical (unpaired) electrons. The number of rotatable bonds is 6. The molecule has 0 amide bonds. The molecule has 8 heteroatoms. The highest BCUT2D eigenvalue weighted by atomic mass is 15.5. The van der Waals surface area contributed by atoms with Crippen LogP contribution in [0.3, 0.4) is 0 Å². The van der Waals surface area contributed by atoms with Crippen LogP contribution in [0.4, 0.5) is 17.6 Å². The van der Waals surface area contributed by atoms with Gasteiger partial charge in [-0.05, 0) is 45.6 Å². The zero-order valence-electron chi connectivity index (χ0n) is 14.1. The second-order valence-corrected chi connectivity index (χ2v) is 6.71. The van der Waals surface area contributed by atoms with Gasteiger partial charge in [0.25, 0.3) is 0 Å². The molecular weight excluding hydrogens is 304 g/mol. The summed E-state index contributed by atoms with van der Waals surface area (Å²) in [6.45, 7) is 6.32. The lowest BCUT2D eigenvalue weighted by Gasteiger charge is -2.15. The molecule has 3 aromatic heterocycles. The van der Waals surface area contributed by atoms with Crippen LogP contribution in [-0.4, -0.2) is 36.0 Å². The number of aromatic amines is 1. The van der Waals surface area contributed by atoms with Gasteiger partial charge in [-0.1, -0.05) is 5.21 Å². The van der Waals surface area contributed by atoms with E-state index in [4.69, 9.17) is 0 Å². The molecule has 0 bridgehead atoms. The lowest BCUT2D eigenvalue weighted by molar-refractivity contribution is 0.514. The fourth-order valence-corrected chi connectivity index (χ4v) is 2.74. The molecule has 1 aliphatic rings. The van der Waals surface area contributed by atoms with Crippen LogP contribution < -0.4 is 10.6 Å². The minimum Gasteiger partial charge on any atom is -0.367 e. The van der Waals surface area contributed by atoms with Gasteiger partial charge in [0.05, 0.1) is 11.6 Å². The Morgan fingerprint density at radius 1 is 1.25 bits per heavy atom. The third kappa shape index (κ3) is 2.91. The van der Waals surface area contributed by atoms with E-state index in [-0.39, 0.29) is 6.04 Å². The molecule has 0 aliphatic heterocycles. The maximum absolute atomic E-state index is 4.64. The van der Waals surface area contributed by atoms with Crippen LogP contribution >= 0.6 is 0 Å². The highest BCUT2D eigenvalue weighted by Crippen LogP contribution is 2.34. The topological polar surface area (TPSA) is 96.3 Å². The van der Waals surface area contributed by atoms with E-state index in [0.717, 1.165) is 22.8 Å². The van der Waals surface area contributed by atoms with E-state index in [1.165, 1.54) is 12.8 Å². The third-order valence-electron chi connectivity index (χ3n) is 4.39. The van der Waals surface area contributed by atoms with E-state index in [0.29, 0.717) is 17.8 Å². The van der Waals surface area contributed by atoms with Crippen LogP contribution in [0.15, 0.2) is 18.5 Å². The quantitative estimate of drug-likeness (QED) is 0.644. The van der Waals surface area contributed by atoms with Crippen molar-refractivity contribution in [1.82, 2.24) is 29.9 Å². The molecule has 3 N–H and O–H groups in total. The summed E-state index contributed by atoms with van der Waals surface area (Å²) in [6.07, 6.45) is 6.32. The minimum absolute atomic E-state index is 0.261. The van der Waals surface area contributed by atoms with Gasteiger partial charge in [0.1, 0.15) is 11.5 Å². The highest BCUT2D eigenvalue weighted by molar-refractivity contribution is 5.88. The Hall–Kier alpha value is -2.64. The van der Waals surface area contributed by atoms with E-state index in [1.54, 1.807) is 4.68 Å². The third-order valence-corrected chi connectivity index (χ3v) is 4.39. The summed E-state index contributed by atoms with van der Waals surface area (Å²) in [5.74, 6) is 2.73. The van der Waals surface area contributed by atoms with Crippen molar-refractivity contribution in [3.63, 3.8) is 0 Å². The first-order chi connectivity index (χ1) is 11.6. The second kappa shape index (κ2) is 5.77. The number of fused-ring (bicyclic) bond motifs is 1. The summed E-state index contributed by atoms with van der Waals surface area (Å²) in [4.78, 5) is 12.3. The van der Waals surface area contributed by atoms with Gasteiger partial charge >= 0.3 is 0 Å². The second-order valence-electron chi connectivity index (χ2n) is 6.71. The number of H-pyrrole nitrogens is 1. The number of nitrogens with zero attached hydrogens (tertiary/aromatic N) is 5. The van der Waals surface area contributed by atoms with E-state index in [1.807, 2.05) is 18.5 Å². The van der Waals surface area contributed by atoms with Crippen LogP contribution in [0.5, 0.6) is 0 Å². The zero-order valence-corrected chi connectivity index (χ0v) is 14.1. The van der Waals surface area contributed by atoms with Gasteiger partial charge in [-0.25, -0.2) is 4.68 Å². The summed E-state index contributed by atoms with van der Waals surface area (Å²) >= 11 is 0. The Morgan fingerprint density at radius 2 is 2.08 bits per heavy atom. The Balaban J connectivity index is 1.62. The average Bonchev–Trinajstić information content (AvgIpc) is 3.10. The lowest BCUT2D eigenvalue weighted by atomic mass is 10.2. The zero-order chi connectivity index (χ0) is 16.7. The fourth-order valence-electron chi connectivity index (χ4n) is 2.74. The van der Waals surface area contributed by atoms with Crippen LogP contribution in [0, 0.1) is 5.92 Å². The van der Waals surface area contributed by atoms with Gasteiger partial charge < -0.3 is 15.6 Å². The molecule has 0 spiro atoms. The number of hydrogen-bond acceptors (Lipinski definition) is 6. The van der Waals surface area contributed by atoms with Gasteiger partial charge in [0.15, 0.2) is 5.82 Å². The molecule has 8 nitrogen and oxygen atoms in total. The SMILES string of the molecule is CC(C)n1cc(Nc2nc(N[C@@H](C)C3CC3)c3cc[nH]c3n2)nn1. The lowest BCUT2D eigenvalue weighted by Crippen LogP contribution is -2.18. The monoisotopic (exact) mass is 326 g/mol. The smallest absolute Gasteiger partial charge is 0.232 e. The minimum atomic E-state index is 0.261. The van der Waals surface area contributed by atoms with Crippen molar-refractivity contribution >= 4 is 28.6 Å². The van der Waals surface area contributed by atoms with Crippen molar-refractivity contribution in [3.8, 4) is 0 Å². The van der Waals surface area contributed by atoms with E-state index in [2.05, 4.69) is 56.7 Å². The number of anilines is 3. The summed E-state index contributed by atoms with van der Waals surface area (Å²) in [6, 6.07) is 2.67. The van der Waals surface area contributed by atoms with Gasteiger partial charge in [-0.2, -0.15) is 9.97 Å². The van der Waals surface area contributed by atoms with E-state index >= 15 is 0 Å². The highest BCUT2D eigenvalue weighted by Gasteiger charge is 2.28. The van der Waals surface area contributed by atoms with E-state index < -0.39 is 0 Å². The molecule has 0 unspecified atom stereocenters. The van der Waals surface area contributed by atoms with Gasteiger partial charge in [0, 0.05) is 18.3 Å². The standard InChI is InChI=1S/C16H22N8/c1-9(2)24-8-13(22-23-24)19-16-20-14-12(6-7-17-14)15(21-16)18-10(3)11-4-5-11/h6-11H,4-5H2,1-3H3,(H3,17,18,19,20,21)/t10-/m0/s1. The maximum atomic E-state index is 4.64. The first kappa shape index (κ1) is 14.9. The maximum Gasteiger partial charge on any atom is 0.232 e. The van der Waals surface area contributed by atoms with Crippen molar-refractivity contribution < 1.29 is 0 Å². The predicted molar refractivity (Wildman–Crippen MR) is 93.4 cm³/mol. The van der Waals surface area contributed by atoms with Gasteiger partial charge in [-0.15, -0.1) is 5.10 Å². The Labute approximate surface area is 140 Å². The molecule has 1 atom stereocenters. The molecule has 3 heterocycles. The summed E-state index contributed by atoms with van der Waals surface area (Å²) < 4.78 is 1.80. The summed E-state index contributed by atoms with van der Waals surface area (Å²) in [7, 11) is 0. The van der Waals surface area contributed by atoms with Crippen molar-refractivity contribution in [2.75, 3.05) is 10.6 Å². The number of hydrogen-bond donors (Lipinski definition) is 3. The summed E-state index contributed by atoms with van der Waals surface area (Å²) in [5, 5.41) is 15.9. The molecule has 1 saturated carbocycles. The van der Waals surface area contributed by atoms with Crippen LogP contribution in [0.25, 0.3) is 11.0 Å². The number of nitrogens with one attached hydrogen (secondary N) is 3. The fraction of sp³-hybridized carbons (Fsp3) is 0.500. The molecule has 4 rings (SSSR count). The molecule has 1 fully saturated rings. The molecule has 0 aromatic carbocycles. The van der Waals surface area contributed by atoms with E-state index in [9.17, 15) is 0 Å². The molecule has 0 saturated heterocycles. The molecule has 126 valence electrons. The molecule has 24 heavy (non-hydrogen) atoms. The Morgan fingerprint density at radius 3 is 2.79 bits per heavy atom.